The number of benzene rings is 2. The van der Waals surface area contributed by atoms with Crippen molar-refractivity contribution in [1.29, 1.82) is 0 Å². The summed E-state index contributed by atoms with van der Waals surface area (Å²) < 4.78 is 26.4. The van der Waals surface area contributed by atoms with Gasteiger partial charge >= 0.3 is 7.12 Å². The van der Waals surface area contributed by atoms with E-state index >= 15 is 0 Å². The van der Waals surface area contributed by atoms with Gasteiger partial charge in [-0.2, -0.15) is 5.11 Å². The second-order valence-corrected chi connectivity index (χ2v) is 8.25. The van der Waals surface area contributed by atoms with E-state index in [1.165, 1.54) is 11.6 Å². The number of hydrogen-bond donors (Lipinski definition) is 0. The van der Waals surface area contributed by atoms with Crippen LogP contribution in [-0.2, 0) is 9.31 Å². The molecule has 1 aliphatic heterocycles. The van der Waals surface area contributed by atoms with E-state index in [4.69, 9.17) is 9.31 Å². The summed E-state index contributed by atoms with van der Waals surface area (Å²) in [7, 11) is -0.598. The Kier molecular flexibility index (Phi) is 5.23. The number of nitrogens with zero attached hydrogens (tertiary/aromatic N) is 2. The predicted octanol–water partition coefficient (Wildman–Crippen LogP) is 5.66. The standard InChI is InChI=1S/C21H26BFN2O2/c1-14(2)15-7-10-17(11-8-15)24-25-19-12-9-16(13-18(19)23)22-26-20(3,4)21(5,6)27-22/h7-14H,1-6H3. The minimum absolute atomic E-state index is 0.184. The van der Waals surface area contributed by atoms with Gasteiger partial charge in [0.05, 0.1) is 16.9 Å². The Balaban J connectivity index is 1.75. The van der Waals surface area contributed by atoms with Crippen LogP contribution < -0.4 is 5.46 Å². The lowest BCUT2D eigenvalue weighted by molar-refractivity contribution is 0.00578. The fourth-order valence-electron chi connectivity index (χ4n) is 2.77. The van der Waals surface area contributed by atoms with E-state index in [2.05, 4.69) is 24.1 Å². The van der Waals surface area contributed by atoms with Gasteiger partial charge in [0.25, 0.3) is 0 Å². The number of rotatable bonds is 4. The maximum absolute atomic E-state index is 14.5. The molecule has 0 saturated carbocycles. The molecule has 0 aromatic heterocycles. The van der Waals surface area contributed by atoms with Crippen molar-refractivity contribution in [3.8, 4) is 0 Å². The highest BCUT2D eigenvalue weighted by atomic mass is 19.1. The number of hydrogen-bond acceptors (Lipinski definition) is 4. The number of halogens is 1. The van der Waals surface area contributed by atoms with E-state index in [0.717, 1.165) is 0 Å². The van der Waals surface area contributed by atoms with Crippen LogP contribution in [0.2, 0.25) is 0 Å². The van der Waals surface area contributed by atoms with Crippen molar-refractivity contribution in [1.82, 2.24) is 0 Å². The zero-order chi connectivity index (χ0) is 19.8. The Hall–Kier alpha value is -2.05. The summed E-state index contributed by atoms with van der Waals surface area (Å²) in [5, 5.41) is 8.18. The molecule has 0 bridgehead atoms. The van der Waals surface area contributed by atoms with Gasteiger partial charge in [0.15, 0.2) is 0 Å². The Morgan fingerprint density at radius 1 is 0.889 bits per heavy atom. The predicted molar refractivity (Wildman–Crippen MR) is 107 cm³/mol. The molecule has 3 rings (SSSR count). The van der Waals surface area contributed by atoms with Gasteiger partial charge in [-0.25, -0.2) is 4.39 Å². The van der Waals surface area contributed by atoms with Crippen molar-refractivity contribution >= 4 is 24.0 Å². The summed E-state index contributed by atoms with van der Waals surface area (Å²) in [5.74, 6) is 0.000667. The Morgan fingerprint density at radius 2 is 1.48 bits per heavy atom. The zero-order valence-corrected chi connectivity index (χ0v) is 16.8. The molecule has 1 fully saturated rings. The molecule has 6 heteroatoms. The summed E-state index contributed by atoms with van der Waals surface area (Å²) >= 11 is 0. The van der Waals surface area contributed by atoms with E-state index in [1.54, 1.807) is 12.1 Å². The molecule has 2 aromatic rings. The third-order valence-electron chi connectivity index (χ3n) is 5.33. The lowest BCUT2D eigenvalue weighted by atomic mass is 9.79. The van der Waals surface area contributed by atoms with Crippen LogP contribution in [0.3, 0.4) is 0 Å². The van der Waals surface area contributed by atoms with Gasteiger partial charge in [-0.05, 0) is 68.9 Å². The summed E-state index contributed by atoms with van der Waals surface area (Å²) in [6, 6.07) is 12.6. The minimum atomic E-state index is -0.598. The lowest BCUT2D eigenvalue weighted by Gasteiger charge is -2.32. The minimum Gasteiger partial charge on any atom is -0.399 e. The lowest BCUT2D eigenvalue weighted by Crippen LogP contribution is -2.41. The molecule has 142 valence electrons. The maximum atomic E-state index is 14.5. The first kappa shape index (κ1) is 19.7. The average Bonchev–Trinajstić information content (AvgIpc) is 2.82. The SMILES string of the molecule is CC(C)c1ccc(N=Nc2ccc(B3OC(C)(C)C(C)(C)O3)cc2F)cc1. The van der Waals surface area contributed by atoms with Crippen molar-refractivity contribution in [2.45, 2.75) is 58.7 Å². The normalized spacial score (nSPS) is 18.6. The maximum Gasteiger partial charge on any atom is 0.494 e. The number of azo groups is 1. The summed E-state index contributed by atoms with van der Waals surface area (Å²) in [4.78, 5) is 0. The van der Waals surface area contributed by atoms with E-state index in [0.29, 0.717) is 17.1 Å². The van der Waals surface area contributed by atoms with Gasteiger partial charge in [-0.3, -0.25) is 0 Å². The molecule has 0 amide bonds. The van der Waals surface area contributed by atoms with E-state index in [1.807, 2.05) is 52.0 Å². The van der Waals surface area contributed by atoms with Gasteiger partial charge in [0.1, 0.15) is 11.5 Å². The van der Waals surface area contributed by atoms with Crippen LogP contribution in [0.5, 0.6) is 0 Å². The third-order valence-corrected chi connectivity index (χ3v) is 5.33. The molecule has 4 nitrogen and oxygen atoms in total. The highest BCUT2D eigenvalue weighted by Crippen LogP contribution is 2.36. The fraction of sp³-hybridized carbons (Fsp3) is 0.429. The molecular weight excluding hydrogens is 342 g/mol. The van der Waals surface area contributed by atoms with Gasteiger partial charge in [0, 0.05) is 0 Å². The van der Waals surface area contributed by atoms with E-state index in [9.17, 15) is 4.39 Å². The van der Waals surface area contributed by atoms with Crippen LogP contribution in [-0.4, -0.2) is 18.3 Å². The Morgan fingerprint density at radius 3 is 2.00 bits per heavy atom. The topological polar surface area (TPSA) is 43.2 Å². The Labute approximate surface area is 160 Å². The zero-order valence-electron chi connectivity index (χ0n) is 16.8. The molecule has 0 N–H and O–H groups in total. The molecule has 1 aliphatic rings. The van der Waals surface area contributed by atoms with Crippen molar-refractivity contribution < 1.29 is 13.7 Å². The van der Waals surface area contributed by atoms with Gasteiger partial charge < -0.3 is 9.31 Å². The van der Waals surface area contributed by atoms with Crippen LogP contribution in [0, 0.1) is 5.82 Å². The molecule has 0 aliphatic carbocycles. The van der Waals surface area contributed by atoms with Crippen LogP contribution >= 0.6 is 0 Å². The van der Waals surface area contributed by atoms with Crippen LogP contribution in [0.1, 0.15) is 53.0 Å². The van der Waals surface area contributed by atoms with E-state index < -0.39 is 24.1 Å². The largest absolute Gasteiger partial charge is 0.494 e. The fourth-order valence-corrected chi connectivity index (χ4v) is 2.77. The summed E-state index contributed by atoms with van der Waals surface area (Å²) in [5.41, 5.74) is 1.80. The van der Waals surface area contributed by atoms with Gasteiger partial charge in [-0.1, -0.05) is 32.0 Å². The molecule has 0 unspecified atom stereocenters. The molecule has 1 saturated heterocycles. The average molecular weight is 368 g/mol. The smallest absolute Gasteiger partial charge is 0.399 e. The monoisotopic (exact) mass is 368 g/mol. The second kappa shape index (κ2) is 7.17. The molecular formula is C21H26BFN2O2. The first-order valence-corrected chi connectivity index (χ1v) is 9.26. The quantitative estimate of drug-likeness (QED) is 0.516. The first-order chi connectivity index (χ1) is 12.6. The van der Waals surface area contributed by atoms with Crippen molar-refractivity contribution in [3.63, 3.8) is 0 Å². The van der Waals surface area contributed by atoms with Crippen molar-refractivity contribution in [2.75, 3.05) is 0 Å². The van der Waals surface area contributed by atoms with Crippen LogP contribution in [0.15, 0.2) is 52.7 Å². The first-order valence-electron chi connectivity index (χ1n) is 9.26. The van der Waals surface area contributed by atoms with Gasteiger partial charge in [-0.15, -0.1) is 5.11 Å². The van der Waals surface area contributed by atoms with Gasteiger partial charge in [0.2, 0.25) is 0 Å². The van der Waals surface area contributed by atoms with E-state index in [-0.39, 0.29) is 5.69 Å². The summed E-state index contributed by atoms with van der Waals surface area (Å²) in [6.07, 6.45) is 0. The molecule has 0 radical (unpaired) electrons. The van der Waals surface area contributed by atoms with Crippen molar-refractivity contribution in [2.24, 2.45) is 10.2 Å². The molecule has 27 heavy (non-hydrogen) atoms. The van der Waals surface area contributed by atoms with Crippen LogP contribution in [0.4, 0.5) is 15.8 Å². The molecule has 2 aromatic carbocycles. The highest BCUT2D eigenvalue weighted by molar-refractivity contribution is 6.62. The van der Waals surface area contributed by atoms with Crippen molar-refractivity contribution in [3.05, 3.63) is 53.8 Å². The molecule has 0 atom stereocenters. The molecule has 0 spiro atoms. The third kappa shape index (κ3) is 4.12. The molecule has 1 heterocycles. The van der Waals surface area contributed by atoms with Crippen LogP contribution in [0.25, 0.3) is 0 Å². The Bertz CT molecular complexity index is 832. The highest BCUT2D eigenvalue weighted by Gasteiger charge is 2.51. The summed E-state index contributed by atoms with van der Waals surface area (Å²) in [6.45, 7) is 12.1. The second-order valence-electron chi connectivity index (χ2n) is 8.25.